The lowest BCUT2D eigenvalue weighted by Crippen LogP contribution is -2.30. The van der Waals surface area contributed by atoms with Gasteiger partial charge < -0.3 is 0 Å². The zero-order valence-corrected chi connectivity index (χ0v) is 16.6. The molecule has 0 spiro atoms. The van der Waals surface area contributed by atoms with Crippen LogP contribution >= 0.6 is 0 Å². The van der Waals surface area contributed by atoms with Gasteiger partial charge in [-0.1, -0.05) is 45.0 Å². The van der Waals surface area contributed by atoms with Gasteiger partial charge in [-0.3, -0.25) is 4.79 Å². The summed E-state index contributed by atoms with van der Waals surface area (Å²) in [6, 6.07) is 13.9. The Hall–Kier alpha value is -2.91. The molecule has 27 heavy (non-hydrogen) atoms. The van der Waals surface area contributed by atoms with Gasteiger partial charge in [0.15, 0.2) is 0 Å². The van der Waals surface area contributed by atoms with Crippen LogP contribution in [0.1, 0.15) is 43.0 Å². The summed E-state index contributed by atoms with van der Waals surface area (Å²) < 4.78 is 27.4. The molecule has 0 aliphatic heterocycles. The summed E-state index contributed by atoms with van der Waals surface area (Å²) in [4.78, 5) is 12.2. The molecular weight excluding hydrogens is 360 g/mol. The molecular formula is C21H22N2O3S. The number of amides is 1. The van der Waals surface area contributed by atoms with Gasteiger partial charge >= 0.3 is 0 Å². The van der Waals surface area contributed by atoms with Crippen LogP contribution in [0.2, 0.25) is 0 Å². The minimum atomic E-state index is -3.99. The maximum absolute atomic E-state index is 12.6. The van der Waals surface area contributed by atoms with E-state index in [2.05, 4.69) is 4.72 Å². The molecule has 0 radical (unpaired) electrons. The molecule has 0 aromatic heterocycles. The highest BCUT2D eigenvalue weighted by molar-refractivity contribution is 7.90. The van der Waals surface area contributed by atoms with Crippen LogP contribution in [0.25, 0.3) is 6.08 Å². The molecule has 1 N–H and O–H groups in total. The van der Waals surface area contributed by atoms with Crippen molar-refractivity contribution in [2.45, 2.75) is 38.0 Å². The van der Waals surface area contributed by atoms with E-state index in [4.69, 9.17) is 5.26 Å². The quantitative estimate of drug-likeness (QED) is 0.817. The van der Waals surface area contributed by atoms with Crippen molar-refractivity contribution < 1.29 is 13.2 Å². The Labute approximate surface area is 160 Å². The standard InChI is InChI=1S/C21H22N2O3S/c1-15-8-10-18(21(2,3)4)13-19(15)27(25,26)23-20(24)11-9-16-6-5-7-17(12-16)14-22/h5-13H,1-4H3,(H,23,24)/b11-9+. The summed E-state index contributed by atoms with van der Waals surface area (Å²) in [5.74, 6) is -0.752. The third kappa shape index (κ3) is 5.28. The average molecular weight is 382 g/mol. The highest BCUT2D eigenvalue weighted by Gasteiger charge is 2.22. The second-order valence-electron chi connectivity index (χ2n) is 7.27. The van der Waals surface area contributed by atoms with Gasteiger partial charge in [0.2, 0.25) is 0 Å². The minimum absolute atomic E-state index is 0.0863. The number of benzene rings is 2. The van der Waals surface area contributed by atoms with E-state index in [1.807, 2.05) is 32.9 Å². The van der Waals surface area contributed by atoms with Crippen LogP contribution in [0.5, 0.6) is 0 Å². The Balaban J connectivity index is 2.24. The molecule has 5 nitrogen and oxygen atoms in total. The van der Waals surface area contributed by atoms with Crippen molar-refractivity contribution in [3.63, 3.8) is 0 Å². The molecule has 1 amide bonds. The molecule has 2 rings (SSSR count). The van der Waals surface area contributed by atoms with E-state index in [1.54, 1.807) is 43.3 Å². The number of nitriles is 1. The Morgan fingerprint density at radius 3 is 2.48 bits per heavy atom. The van der Waals surface area contributed by atoms with Crippen molar-refractivity contribution in [3.05, 3.63) is 70.8 Å². The van der Waals surface area contributed by atoms with Crippen LogP contribution in [-0.4, -0.2) is 14.3 Å². The molecule has 0 bridgehead atoms. The molecule has 2 aromatic rings. The van der Waals surface area contributed by atoms with Gasteiger partial charge in [0.25, 0.3) is 15.9 Å². The number of nitrogens with one attached hydrogen (secondary N) is 1. The van der Waals surface area contributed by atoms with Crippen molar-refractivity contribution in [1.82, 2.24) is 4.72 Å². The Bertz CT molecular complexity index is 1040. The number of sulfonamides is 1. The molecule has 6 heteroatoms. The van der Waals surface area contributed by atoms with Crippen LogP contribution in [0.4, 0.5) is 0 Å². The molecule has 2 aromatic carbocycles. The van der Waals surface area contributed by atoms with Crippen LogP contribution in [0, 0.1) is 18.3 Å². The fourth-order valence-electron chi connectivity index (χ4n) is 2.46. The minimum Gasteiger partial charge on any atom is -0.269 e. The van der Waals surface area contributed by atoms with Gasteiger partial charge in [-0.05, 0) is 53.3 Å². The lowest BCUT2D eigenvalue weighted by Gasteiger charge is -2.20. The van der Waals surface area contributed by atoms with Crippen molar-refractivity contribution in [3.8, 4) is 6.07 Å². The molecule has 0 fully saturated rings. The normalized spacial score (nSPS) is 12.0. The number of rotatable bonds is 4. The van der Waals surface area contributed by atoms with Crippen LogP contribution in [0.3, 0.4) is 0 Å². The van der Waals surface area contributed by atoms with Gasteiger partial charge in [-0.25, -0.2) is 13.1 Å². The van der Waals surface area contributed by atoms with Crippen molar-refractivity contribution in [2.75, 3.05) is 0 Å². The largest absolute Gasteiger partial charge is 0.269 e. The molecule has 0 aliphatic rings. The van der Waals surface area contributed by atoms with E-state index in [9.17, 15) is 13.2 Å². The summed E-state index contributed by atoms with van der Waals surface area (Å²) in [7, 11) is -3.99. The summed E-state index contributed by atoms with van der Waals surface area (Å²) in [5, 5.41) is 8.89. The van der Waals surface area contributed by atoms with E-state index < -0.39 is 15.9 Å². The van der Waals surface area contributed by atoms with Gasteiger partial charge in [0.05, 0.1) is 16.5 Å². The monoisotopic (exact) mass is 382 g/mol. The first kappa shape index (κ1) is 20.4. The molecule has 0 saturated carbocycles. The average Bonchev–Trinajstić information content (AvgIpc) is 2.59. The highest BCUT2D eigenvalue weighted by Crippen LogP contribution is 2.26. The fraction of sp³-hybridized carbons (Fsp3) is 0.238. The predicted molar refractivity (Wildman–Crippen MR) is 105 cm³/mol. The second kappa shape index (κ2) is 7.77. The summed E-state index contributed by atoms with van der Waals surface area (Å²) in [6.07, 6.45) is 2.60. The molecule has 0 heterocycles. The molecule has 0 saturated heterocycles. The number of aryl methyl sites for hydroxylation is 1. The van der Waals surface area contributed by atoms with E-state index in [-0.39, 0.29) is 10.3 Å². The van der Waals surface area contributed by atoms with Crippen molar-refractivity contribution in [2.24, 2.45) is 0 Å². The number of carbonyl (C=O) groups excluding carboxylic acids is 1. The number of carbonyl (C=O) groups is 1. The smallest absolute Gasteiger partial charge is 0.264 e. The van der Waals surface area contributed by atoms with Crippen LogP contribution in [-0.2, 0) is 20.2 Å². The molecule has 140 valence electrons. The molecule has 0 aliphatic carbocycles. The third-order valence-corrected chi connectivity index (χ3v) is 5.51. The first-order valence-corrected chi connectivity index (χ1v) is 9.87. The lowest BCUT2D eigenvalue weighted by molar-refractivity contribution is -0.114. The van der Waals surface area contributed by atoms with Crippen molar-refractivity contribution in [1.29, 1.82) is 5.26 Å². The van der Waals surface area contributed by atoms with E-state index in [1.165, 1.54) is 6.08 Å². The van der Waals surface area contributed by atoms with E-state index in [0.717, 1.165) is 11.6 Å². The Morgan fingerprint density at radius 1 is 1.15 bits per heavy atom. The Morgan fingerprint density at radius 2 is 1.85 bits per heavy atom. The van der Waals surface area contributed by atoms with Crippen LogP contribution < -0.4 is 4.72 Å². The third-order valence-electron chi connectivity index (χ3n) is 4.02. The summed E-state index contributed by atoms with van der Waals surface area (Å²) in [5.41, 5.74) is 2.30. The topological polar surface area (TPSA) is 87.0 Å². The first-order chi connectivity index (χ1) is 12.5. The second-order valence-corrected chi connectivity index (χ2v) is 8.92. The maximum atomic E-state index is 12.6. The summed E-state index contributed by atoms with van der Waals surface area (Å²) in [6.45, 7) is 7.66. The first-order valence-electron chi connectivity index (χ1n) is 8.39. The Kier molecular flexibility index (Phi) is 5.87. The summed E-state index contributed by atoms with van der Waals surface area (Å²) >= 11 is 0. The van der Waals surface area contributed by atoms with E-state index >= 15 is 0 Å². The van der Waals surface area contributed by atoms with Gasteiger partial charge in [0.1, 0.15) is 0 Å². The predicted octanol–water partition coefficient (Wildman–Crippen LogP) is 3.68. The fourth-order valence-corrected chi connectivity index (χ4v) is 3.68. The maximum Gasteiger partial charge on any atom is 0.264 e. The van der Waals surface area contributed by atoms with Gasteiger partial charge in [-0.2, -0.15) is 5.26 Å². The van der Waals surface area contributed by atoms with Crippen LogP contribution in [0.15, 0.2) is 53.4 Å². The van der Waals surface area contributed by atoms with Crippen molar-refractivity contribution >= 4 is 22.0 Å². The number of hydrogen-bond donors (Lipinski definition) is 1. The highest BCUT2D eigenvalue weighted by atomic mass is 32.2. The molecule has 0 unspecified atom stereocenters. The van der Waals surface area contributed by atoms with E-state index in [0.29, 0.717) is 16.7 Å². The molecule has 0 atom stereocenters. The zero-order valence-electron chi connectivity index (χ0n) is 15.8. The lowest BCUT2D eigenvalue weighted by atomic mass is 9.87. The SMILES string of the molecule is Cc1ccc(C(C)(C)C)cc1S(=O)(=O)NC(=O)/C=C/c1cccc(C#N)c1. The number of hydrogen-bond acceptors (Lipinski definition) is 4. The van der Waals surface area contributed by atoms with Gasteiger partial charge in [-0.15, -0.1) is 0 Å². The van der Waals surface area contributed by atoms with Gasteiger partial charge in [0, 0.05) is 6.08 Å². The number of nitrogens with zero attached hydrogens (tertiary/aromatic N) is 1. The zero-order chi connectivity index (χ0) is 20.2.